The number of aromatic nitrogens is 4. The fraction of sp³-hybridized carbons (Fsp3) is 0.408. The van der Waals surface area contributed by atoms with E-state index < -0.39 is 18.4 Å². The maximum Gasteiger partial charge on any atom is 0.258 e. The van der Waals surface area contributed by atoms with E-state index in [1.807, 2.05) is 72.0 Å². The molecule has 0 aliphatic heterocycles. The van der Waals surface area contributed by atoms with E-state index in [0.717, 1.165) is 50.9 Å². The molecule has 3 aliphatic rings. The first kappa shape index (κ1) is 44.0. The number of likely N-dealkylation sites (N-methyl/N-ethyl adjacent to an activating group) is 1. The summed E-state index contributed by atoms with van der Waals surface area (Å²) < 4.78 is 23.5. The zero-order valence-electron chi connectivity index (χ0n) is 36.9. The molecule has 5 aromatic rings. The van der Waals surface area contributed by atoms with Crippen molar-refractivity contribution < 1.29 is 33.5 Å². The SMILES string of the molecule is CC(C)OC1=CC=C(c2nc(-c3cccc4c3CC[C@@H]4N(Cc3ccc4c(c3-c3noc(-c5ccc(OC(C)C)c(C#N)c5)n3)CC[C@H]4N(C)CCO)C(=O)CO)no2)C(C)C1C#N. The Morgan fingerprint density at radius 1 is 0.891 bits per heavy atom. The number of carbonyl (C=O) groups excluding carboxylic acids is 1. The molecule has 2 heterocycles. The number of amides is 1. The van der Waals surface area contributed by atoms with Gasteiger partial charge in [-0.1, -0.05) is 47.6 Å². The van der Waals surface area contributed by atoms with Crippen molar-refractivity contribution in [2.75, 3.05) is 26.8 Å². The molecule has 2 aromatic heterocycles. The van der Waals surface area contributed by atoms with Crippen LogP contribution in [0.15, 0.2) is 75.5 Å². The number of carbonyl (C=O) groups is 1. The Labute approximate surface area is 372 Å². The van der Waals surface area contributed by atoms with E-state index in [2.05, 4.69) is 33.4 Å². The molecule has 4 atom stereocenters. The standard InChI is InChI=1S/C49H52N8O7/c1-27(2)61-42-18-11-30(22-32(42)23-50)48-53-47(55-63-48)45-31(10-12-36-37(45)14-16-40(36)56(6)20-21-58)25-57(44(60)26-59)41-17-13-34-35(41)8-7-9-38(34)46-52-49(64-54-46)33-15-19-43(62-28(3)4)39(24-51)29(33)5/h7-12,15,18-19,22,27-29,39-41,58-59H,13-14,16-17,20-21,25-26H2,1-6H3/t29?,39?,40-,41+/m1/s1. The second kappa shape index (κ2) is 18.6. The molecule has 64 heavy (non-hydrogen) atoms. The summed E-state index contributed by atoms with van der Waals surface area (Å²) in [6.07, 6.45) is 6.22. The monoisotopic (exact) mass is 864 g/mol. The molecule has 0 spiro atoms. The van der Waals surface area contributed by atoms with E-state index in [-0.39, 0.29) is 49.3 Å². The first-order valence-corrected chi connectivity index (χ1v) is 21.8. The Morgan fingerprint density at radius 3 is 2.34 bits per heavy atom. The Bertz CT molecular complexity index is 2700. The van der Waals surface area contributed by atoms with Gasteiger partial charge in [0.25, 0.3) is 11.8 Å². The number of aliphatic hydroxyl groups is 2. The quantitative estimate of drug-likeness (QED) is 0.104. The lowest BCUT2D eigenvalue weighted by molar-refractivity contribution is -0.137. The van der Waals surface area contributed by atoms with Gasteiger partial charge in [-0.15, -0.1) is 0 Å². The minimum atomic E-state index is -0.687. The summed E-state index contributed by atoms with van der Waals surface area (Å²) in [5, 5.41) is 49.0. The van der Waals surface area contributed by atoms with Crippen LogP contribution in [-0.4, -0.2) is 85.2 Å². The van der Waals surface area contributed by atoms with E-state index in [4.69, 9.17) is 28.5 Å². The summed E-state index contributed by atoms with van der Waals surface area (Å²) in [5.41, 5.74) is 7.98. The van der Waals surface area contributed by atoms with Crippen molar-refractivity contribution in [3.63, 3.8) is 0 Å². The van der Waals surface area contributed by atoms with Gasteiger partial charge in [-0.3, -0.25) is 9.69 Å². The second-order valence-electron chi connectivity index (χ2n) is 17.1. The zero-order valence-corrected chi connectivity index (χ0v) is 36.9. The van der Waals surface area contributed by atoms with Crippen LogP contribution in [0.1, 0.15) is 98.8 Å². The van der Waals surface area contributed by atoms with Crippen LogP contribution in [0, 0.1) is 34.5 Å². The number of ether oxygens (including phenoxy) is 2. The van der Waals surface area contributed by atoms with Crippen molar-refractivity contribution in [3.8, 4) is 52.1 Å². The molecule has 0 fully saturated rings. The van der Waals surface area contributed by atoms with E-state index in [9.17, 15) is 25.5 Å². The molecular weight excluding hydrogens is 813 g/mol. The highest BCUT2D eigenvalue weighted by atomic mass is 16.5. The average Bonchev–Trinajstić information content (AvgIpc) is 4.12. The molecule has 15 nitrogen and oxygen atoms in total. The van der Waals surface area contributed by atoms with Crippen LogP contribution in [0.25, 0.3) is 39.8 Å². The van der Waals surface area contributed by atoms with Gasteiger partial charge in [0, 0.05) is 47.3 Å². The largest absolute Gasteiger partial charge is 0.494 e. The minimum absolute atomic E-state index is 0.0245. The molecule has 8 rings (SSSR count). The number of aliphatic hydroxyl groups excluding tert-OH is 2. The first-order valence-electron chi connectivity index (χ1n) is 21.8. The normalized spacial score (nSPS) is 19.0. The smallest absolute Gasteiger partial charge is 0.258 e. The first-order chi connectivity index (χ1) is 30.9. The number of hydrogen-bond acceptors (Lipinski definition) is 14. The molecule has 2 unspecified atom stereocenters. The lowest BCUT2D eigenvalue weighted by Gasteiger charge is -2.31. The fourth-order valence-electron chi connectivity index (χ4n) is 9.40. The fourth-order valence-corrected chi connectivity index (χ4v) is 9.40. The van der Waals surface area contributed by atoms with Gasteiger partial charge in [0.1, 0.15) is 30.1 Å². The Balaban J connectivity index is 1.14. The van der Waals surface area contributed by atoms with Gasteiger partial charge in [0.2, 0.25) is 17.6 Å². The van der Waals surface area contributed by atoms with E-state index in [1.54, 1.807) is 29.2 Å². The van der Waals surface area contributed by atoms with E-state index in [0.29, 0.717) is 66.0 Å². The molecule has 3 aromatic carbocycles. The maximum absolute atomic E-state index is 13.9. The lowest BCUT2D eigenvalue weighted by Crippen LogP contribution is -2.35. The van der Waals surface area contributed by atoms with Crippen molar-refractivity contribution in [2.45, 2.75) is 91.1 Å². The highest BCUT2D eigenvalue weighted by Crippen LogP contribution is 2.45. The second-order valence-corrected chi connectivity index (χ2v) is 17.1. The predicted molar refractivity (Wildman–Crippen MR) is 235 cm³/mol. The van der Waals surface area contributed by atoms with Gasteiger partial charge in [-0.2, -0.15) is 20.5 Å². The van der Waals surface area contributed by atoms with E-state index in [1.165, 1.54) is 0 Å². The third-order valence-corrected chi connectivity index (χ3v) is 12.4. The van der Waals surface area contributed by atoms with Crippen molar-refractivity contribution in [2.24, 2.45) is 11.8 Å². The van der Waals surface area contributed by atoms with Crippen molar-refractivity contribution >= 4 is 11.5 Å². The van der Waals surface area contributed by atoms with Crippen LogP contribution in [-0.2, 0) is 28.9 Å². The molecule has 0 saturated carbocycles. The van der Waals surface area contributed by atoms with Crippen molar-refractivity contribution in [1.29, 1.82) is 10.5 Å². The minimum Gasteiger partial charge on any atom is -0.494 e. The van der Waals surface area contributed by atoms with Gasteiger partial charge in [0.15, 0.2) is 0 Å². The van der Waals surface area contributed by atoms with Crippen LogP contribution in [0.4, 0.5) is 0 Å². The summed E-state index contributed by atoms with van der Waals surface area (Å²) in [6, 6.07) is 19.4. The number of fused-ring (bicyclic) bond motifs is 2. The molecule has 0 saturated heterocycles. The van der Waals surface area contributed by atoms with Crippen LogP contribution in [0.2, 0.25) is 0 Å². The molecule has 0 bridgehead atoms. The number of allylic oxidation sites excluding steroid dienone is 4. The number of hydrogen-bond donors (Lipinski definition) is 2. The maximum atomic E-state index is 13.9. The Hall–Kier alpha value is -6.65. The average molecular weight is 865 g/mol. The lowest BCUT2D eigenvalue weighted by atomic mass is 9.83. The Kier molecular flexibility index (Phi) is 12.8. The molecule has 330 valence electrons. The van der Waals surface area contributed by atoms with Gasteiger partial charge in [0.05, 0.1) is 36.5 Å². The molecule has 0 radical (unpaired) electrons. The van der Waals surface area contributed by atoms with E-state index >= 15 is 0 Å². The zero-order chi connectivity index (χ0) is 45.2. The Morgan fingerprint density at radius 2 is 1.61 bits per heavy atom. The third-order valence-electron chi connectivity index (χ3n) is 12.4. The predicted octanol–water partition coefficient (Wildman–Crippen LogP) is 7.51. The van der Waals surface area contributed by atoms with Gasteiger partial charge < -0.3 is 33.6 Å². The van der Waals surface area contributed by atoms with Crippen LogP contribution < -0.4 is 4.74 Å². The summed E-state index contributed by atoms with van der Waals surface area (Å²) in [5.74, 6) is 1.19. The van der Waals surface area contributed by atoms with Gasteiger partial charge in [-0.05, 0) is 119 Å². The van der Waals surface area contributed by atoms with Crippen LogP contribution >= 0.6 is 0 Å². The van der Waals surface area contributed by atoms with Crippen molar-refractivity contribution in [3.05, 3.63) is 106 Å². The highest BCUT2D eigenvalue weighted by molar-refractivity contribution is 5.79. The number of nitrogens with zero attached hydrogens (tertiary/aromatic N) is 8. The van der Waals surface area contributed by atoms with Crippen LogP contribution in [0.3, 0.4) is 0 Å². The number of benzene rings is 3. The molecule has 2 N–H and O–H groups in total. The molecule has 1 amide bonds. The molecular formula is C49H52N8O7. The number of rotatable bonds is 15. The highest BCUT2D eigenvalue weighted by Gasteiger charge is 2.37. The molecule has 3 aliphatic carbocycles. The third kappa shape index (κ3) is 8.42. The summed E-state index contributed by atoms with van der Waals surface area (Å²) in [4.78, 5) is 27.5. The van der Waals surface area contributed by atoms with Gasteiger partial charge >= 0.3 is 0 Å². The van der Waals surface area contributed by atoms with Crippen LogP contribution in [0.5, 0.6) is 5.75 Å². The topological polar surface area (TPSA) is 208 Å². The summed E-state index contributed by atoms with van der Waals surface area (Å²) >= 11 is 0. The number of nitriles is 2. The summed E-state index contributed by atoms with van der Waals surface area (Å²) in [6.45, 7) is 9.58. The van der Waals surface area contributed by atoms with Gasteiger partial charge in [-0.25, -0.2) is 0 Å². The molecule has 15 heteroatoms. The van der Waals surface area contributed by atoms with Crippen molar-refractivity contribution in [1.82, 2.24) is 30.1 Å². The summed E-state index contributed by atoms with van der Waals surface area (Å²) in [7, 11) is 1.99.